The third kappa shape index (κ3) is 8.39. The van der Waals surface area contributed by atoms with E-state index in [-0.39, 0.29) is 32.0 Å². The van der Waals surface area contributed by atoms with Crippen LogP contribution in [0.15, 0.2) is 84.9 Å². The zero-order valence-electron chi connectivity index (χ0n) is 11.0. The molecule has 0 atom stereocenters. The Kier molecular flexibility index (Phi) is 11.3. The molecule has 2 nitrogen and oxygen atoms in total. The first kappa shape index (κ1) is 18.3. The number of hydrogen-bond donors (Lipinski definition) is 1. The van der Waals surface area contributed by atoms with Crippen molar-refractivity contribution in [1.82, 2.24) is 0 Å². The van der Waals surface area contributed by atoms with Crippen LogP contribution in [-0.4, -0.2) is 11.4 Å². The summed E-state index contributed by atoms with van der Waals surface area (Å²) in [6, 6.07) is 26.4. The van der Waals surface area contributed by atoms with Gasteiger partial charge in [0.15, 0.2) is 6.29 Å². The van der Waals surface area contributed by atoms with Gasteiger partial charge in [-0.15, -0.1) is 0 Å². The van der Waals surface area contributed by atoms with E-state index in [0.29, 0.717) is 11.8 Å². The van der Waals surface area contributed by atoms with E-state index in [1.165, 1.54) is 6.07 Å². The van der Waals surface area contributed by atoms with Crippen molar-refractivity contribution in [3.05, 3.63) is 90.5 Å². The third-order valence-electron chi connectivity index (χ3n) is 2.17. The molecule has 0 radical (unpaired) electrons. The minimum absolute atomic E-state index is 0. The molecule has 0 bridgehead atoms. The summed E-state index contributed by atoms with van der Waals surface area (Å²) in [6.07, 6.45) is 0.620. The average Bonchev–Trinajstić information content (AvgIpc) is 3.17. The summed E-state index contributed by atoms with van der Waals surface area (Å²) in [5.74, 6) is 0.0347. The van der Waals surface area contributed by atoms with E-state index in [9.17, 15) is 4.79 Å². The molecule has 0 fully saturated rings. The average molecular weight is 344 g/mol. The largest absolute Gasteiger partial charge is 2.00 e. The minimum Gasteiger partial charge on any atom is -0.507 e. The van der Waals surface area contributed by atoms with Gasteiger partial charge in [0.1, 0.15) is 5.75 Å². The van der Waals surface area contributed by atoms with Gasteiger partial charge in [-0.25, -0.2) is 24.3 Å². The van der Waals surface area contributed by atoms with Crippen molar-refractivity contribution in [2.75, 3.05) is 0 Å². The zero-order valence-corrected chi connectivity index (χ0v) is 13.5. The molecule has 0 aliphatic rings. The molecule has 100 valence electrons. The molecule has 0 heterocycles. The molecule has 0 aliphatic carbocycles. The number of aromatic hydroxyl groups is 1. The monoisotopic (exact) mass is 342 g/mol. The van der Waals surface area contributed by atoms with Gasteiger partial charge in [0.05, 0.1) is 5.56 Å². The topological polar surface area (TPSA) is 37.3 Å². The predicted octanol–water partition coefficient (Wildman–Crippen LogP) is 4.01. The van der Waals surface area contributed by atoms with Crippen LogP contribution in [0.1, 0.15) is 10.4 Å². The molecule has 3 aromatic carbocycles. The van der Waals surface area contributed by atoms with Gasteiger partial charge >= 0.3 is 26.2 Å². The molecule has 3 rings (SSSR count). The standard InChI is InChI=1S/C7H6O2.2C5H5.Zr/c8-5-6-3-1-2-4-7(6)9;2*1-2-4-5-3-1;/h1-5,9H;2*1-5H;/q;2*-1;+2. The Morgan fingerprint density at radius 1 is 0.800 bits per heavy atom. The minimum atomic E-state index is 0. The van der Waals surface area contributed by atoms with E-state index in [1.54, 1.807) is 18.2 Å². The fourth-order valence-corrected chi connectivity index (χ4v) is 1.23. The van der Waals surface area contributed by atoms with Crippen molar-refractivity contribution in [2.45, 2.75) is 0 Å². The van der Waals surface area contributed by atoms with Gasteiger partial charge in [-0.2, -0.15) is 36.4 Å². The molecule has 0 spiro atoms. The van der Waals surface area contributed by atoms with Gasteiger partial charge in [0.2, 0.25) is 0 Å². The van der Waals surface area contributed by atoms with E-state index in [0.717, 1.165) is 0 Å². The summed E-state index contributed by atoms with van der Waals surface area (Å²) < 4.78 is 0. The van der Waals surface area contributed by atoms with Gasteiger partial charge < -0.3 is 5.11 Å². The van der Waals surface area contributed by atoms with Gasteiger partial charge in [-0.1, -0.05) is 12.1 Å². The smallest absolute Gasteiger partial charge is 0.507 e. The summed E-state index contributed by atoms with van der Waals surface area (Å²) in [4.78, 5) is 10.1. The predicted molar refractivity (Wildman–Crippen MR) is 77.6 cm³/mol. The third-order valence-corrected chi connectivity index (χ3v) is 2.17. The zero-order chi connectivity index (χ0) is 13.8. The number of aldehydes is 1. The van der Waals surface area contributed by atoms with Crippen LogP contribution in [0.2, 0.25) is 0 Å². The van der Waals surface area contributed by atoms with Gasteiger partial charge in [-0.3, -0.25) is 4.79 Å². The van der Waals surface area contributed by atoms with Crippen molar-refractivity contribution in [3.63, 3.8) is 0 Å². The summed E-state index contributed by atoms with van der Waals surface area (Å²) in [5, 5.41) is 8.88. The first-order chi connectivity index (χ1) is 9.34. The Morgan fingerprint density at radius 3 is 1.50 bits per heavy atom. The fourth-order valence-electron chi connectivity index (χ4n) is 1.23. The Morgan fingerprint density at radius 2 is 1.25 bits per heavy atom. The van der Waals surface area contributed by atoms with E-state index in [1.807, 2.05) is 60.7 Å². The van der Waals surface area contributed by atoms with Gasteiger partial charge in [0, 0.05) is 0 Å². The van der Waals surface area contributed by atoms with Gasteiger partial charge in [0.25, 0.3) is 0 Å². The molecule has 0 aliphatic heterocycles. The summed E-state index contributed by atoms with van der Waals surface area (Å²) >= 11 is 0. The van der Waals surface area contributed by atoms with E-state index >= 15 is 0 Å². The second-order valence-electron chi connectivity index (χ2n) is 3.60. The van der Waals surface area contributed by atoms with Crippen LogP contribution in [0.5, 0.6) is 5.75 Å². The number of phenols is 1. The maximum atomic E-state index is 10.1. The van der Waals surface area contributed by atoms with E-state index < -0.39 is 0 Å². The van der Waals surface area contributed by atoms with E-state index in [2.05, 4.69) is 0 Å². The van der Waals surface area contributed by atoms with Crippen LogP contribution >= 0.6 is 0 Å². The fraction of sp³-hybridized carbons (Fsp3) is 0. The van der Waals surface area contributed by atoms with Crippen LogP contribution < -0.4 is 0 Å². The van der Waals surface area contributed by atoms with E-state index in [4.69, 9.17) is 5.11 Å². The van der Waals surface area contributed by atoms with Crippen molar-refractivity contribution < 1.29 is 36.1 Å². The molecule has 1 N–H and O–H groups in total. The Bertz CT molecular complexity index is 467. The number of benzene rings is 1. The summed E-state index contributed by atoms with van der Waals surface area (Å²) in [5.41, 5.74) is 0.331. The van der Waals surface area contributed by atoms with Crippen LogP contribution in [-0.2, 0) is 26.2 Å². The molecule has 0 amide bonds. The molecule has 3 heteroatoms. The molecular weight excluding hydrogens is 327 g/mol. The first-order valence-electron chi connectivity index (χ1n) is 5.91. The molecule has 3 aromatic rings. The summed E-state index contributed by atoms with van der Waals surface area (Å²) in [6.45, 7) is 0. The maximum Gasteiger partial charge on any atom is 2.00 e. The Balaban J connectivity index is 0.000000282. The Labute approximate surface area is 138 Å². The number of rotatable bonds is 1. The SMILES string of the molecule is O=Cc1ccccc1O.[Zr+2].c1cc[cH-]c1.c1cc[cH-]c1. The van der Waals surface area contributed by atoms with Crippen molar-refractivity contribution in [3.8, 4) is 5.75 Å². The van der Waals surface area contributed by atoms with Gasteiger partial charge in [-0.05, 0) is 12.1 Å². The molecule has 20 heavy (non-hydrogen) atoms. The van der Waals surface area contributed by atoms with Crippen molar-refractivity contribution in [2.24, 2.45) is 0 Å². The van der Waals surface area contributed by atoms with Crippen LogP contribution in [0.4, 0.5) is 0 Å². The summed E-state index contributed by atoms with van der Waals surface area (Å²) in [7, 11) is 0. The number of hydrogen-bond acceptors (Lipinski definition) is 2. The van der Waals surface area contributed by atoms with Crippen LogP contribution in [0.3, 0.4) is 0 Å². The number of carbonyl (C=O) groups excluding carboxylic acids is 1. The maximum absolute atomic E-state index is 10.1. The van der Waals surface area contributed by atoms with Crippen LogP contribution in [0, 0.1) is 0 Å². The molecule has 0 saturated heterocycles. The second kappa shape index (κ2) is 12.3. The molecule has 0 aromatic heterocycles. The van der Waals surface area contributed by atoms with Crippen molar-refractivity contribution >= 4 is 6.29 Å². The Hall–Kier alpha value is -1.73. The second-order valence-corrected chi connectivity index (χ2v) is 3.60. The molecule has 0 saturated carbocycles. The number of phenolic OH excluding ortho intramolecular Hbond substituents is 1. The molecular formula is C17H16O2Zr. The van der Waals surface area contributed by atoms with Crippen LogP contribution in [0.25, 0.3) is 0 Å². The normalized spacial score (nSPS) is 8.00. The quantitative estimate of drug-likeness (QED) is 0.535. The number of carbonyl (C=O) groups is 1. The molecule has 0 unspecified atom stereocenters. The van der Waals surface area contributed by atoms with Crippen molar-refractivity contribution in [1.29, 1.82) is 0 Å². The first-order valence-corrected chi connectivity index (χ1v) is 5.91. The number of para-hydroxylation sites is 1.